The van der Waals surface area contributed by atoms with Crippen LogP contribution in [-0.4, -0.2) is 38.2 Å². The molecule has 1 aliphatic rings. The summed E-state index contributed by atoms with van der Waals surface area (Å²) in [6.07, 6.45) is -3.98. The summed E-state index contributed by atoms with van der Waals surface area (Å²) < 4.78 is 57.0. The lowest BCUT2D eigenvalue weighted by atomic mass is 9.87. The fourth-order valence-corrected chi connectivity index (χ4v) is 4.37. The Morgan fingerprint density at radius 2 is 1.69 bits per heavy atom. The van der Waals surface area contributed by atoms with Gasteiger partial charge in [0.05, 0.1) is 32.4 Å². The highest BCUT2D eigenvalue weighted by molar-refractivity contribution is 5.79. The van der Waals surface area contributed by atoms with E-state index in [1.165, 1.54) is 20.3 Å². The second kappa shape index (κ2) is 10.4. The van der Waals surface area contributed by atoms with Gasteiger partial charge in [-0.3, -0.25) is 4.79 Å². The Bertz CT molecular complexity index is 1180. The highest BCUT2D eigenvalue weighted by atomic mass is 19.4. The van der Waals surface area contributed by atoms with Crippen LogP contribution < -0.4 is 9.47 Å². The summed E-state index contributed by atoms with van der Waals surface area (Å²) in [7, 11) is 3.02. The molecule has 0 unspecified atom stereocenters. The fraction of sp³-hybridized carbons (Fsp3) is 0.296. The smallest absolute Gasteiger partial charge is 0.416 e. The number of hydrogen-bond donors (Lipinski definition) is 0. The van der Waals surface area contributed by atoms with Gasteiger partial charge >= 0.3 is 6.18 Å². The number of rotatable bonds is 7. The van der Waals surface area contributed by atoms with Gasteiger partial charge in [0.25, 0.3) is 0 Å². The van der Waals surface area contributed by atoms with Crippen molar-refractivity contribution in [3.8, 4) is 11.5 Å². The number of nitrogens with zero attached hydrogens (tertiary/aromatic N) is 1. The molecule has 1 amide bonds. The lowest BCUT2D eigenvalue weighted by Crippen LogP contribution is -2.42. The predicted molar refractivity (Wildman–Crippen MR) is 124 cm³/mol. The first kappa shape index (κ1) is 24.6. The quantitative estimate of drug-likeness (QED) is 0.449. The molecular weight excluding hydrogens is 459 g/mol. The monoisotopic (exact) mass is 485 g/mol. The molecule has 35 heavy (non-hydrogen) atoms. The zero-order valence-electron chi connectivity index (χ0n) is 19.5. The van der Waals surface area contributed by atoms with Gasteiger partial charge in [-0.1, -0.05) is 42.5 Å². The summed E-state index contributed by atoms with van der Waals surface area (Å²) in [5.74, 6) is 0.668. The van der Waals surface area contributed by atoms with Gasteiger partial charge in [-0.25, -0.2) is 0 Å². The topological polar surface area (TPSA) is 48.0 Å². The minimum atomic E-state index is -4.50. The largest absolute Gasteiger partial charge is 0.493 e. The van der Waals surface area contributed by atoms with Crippen LogP contribution in [0.1, 0.15) is 33.9 Å². The summed E-state index contributed by atoms with van der Waals surface area (Å²) in [4.78, 5) is 14.8. The number of hydrogen-bond acceptors (Lipinski definition) is 4. The highest BCUT2D eigenvalue weighted by Gasteiger charge is 2.36. The normalized spacial score (nSPS) is 15.5. The van der Waals surface area contributed by atoms with Crippen molar-refractivity contribution < 1.29 is 32.2 Å². The van der Waals surface area contributed by atoms with E-state index in [0.717, 1.165) is 23.3 Å². The van der Waals surface area contributed by atoms with E-state index in [0.29, 0.717) is 35.6 Å². The van der Waals surface area contributed by atoms with Crippen LogP contribution >= 0.6 is 0 Å². The highest BCUT2D eigenvalue weighted by Crippen LogP contribution is 2.42. The maximum atomic E-state index is 13.5. The van der Waals surface area contributed by atoms with Crippen LogP contribution in [0.25, 0.3) is 0 Å². The molecule has 0 saturated carbocycles. The molecule has 0 saturated heterocycles. The fourth-order valence-electron chi connectivity index (χ4n) is 4.37. The summed E-state index contributed by atoms with van der Waals surface area (Å²) in [6, 6.07) is 17.4. The molecule has 0 bridgehead atoms. The van der Waals surface area contributed by atoms with Crippen LogP contribution in [0.15, 0.2) is 66.7 Å². The Morgan fingerprint density at radius 3 is 2.37 bits per heavy atom. The molecule has 1 atom stereocenters. The molecule has 1 heterocycles. The van der Waals surface area contributed by atoms with Gasteiger partial charge in [-0.2, -0.15) is 13.2 Å². The van der Waals surface area contributed by atoms with E-state index >= 15 is 0 Å². The third-order valence-electron chi connectivity index (χ3n) is 6.06. The number of fused-ring (bicyclic) bond motifs is 1. The summed E-state index contributed by atoms with van der Waals surface area (Å²) in [5, 5.41) is 0. The first-order valence-electron chi connectivity index (χ1n) is 11.1. The Kier molecular flexibility index (Phi) is 7.31. The summed E-state index contributed by atoms with van der Waals surface area (Å²) >= 11 is 0. The Labute approximate surface area is 202 Å². The number of alkyl halides is 3. The molecule has 3 aromatic rings. The Balaban J connectivity index is 1.69. The number of amides is 1. The second-order valence-electron chi connectivity index (χ2n) is 8.25. The van der Waals surface area contributed by atoms with Crippen LogP contribution in [0.3, 0.4) is 0 Å². The zero-order valence-corrected chi connectivity index (χ0v) is 19.5. The van der Waals surface area contributed by atoms with Gasteiger partial charge in [-0.15, -0.1) is 0 Å². The number of ether oxygens (including phenoxy) is 3. The number of benzene rings is 3. The molecule has 8 heteroatoms. The molecule has 3 aromatic carbocycles. The first-order chi connectivity index (χ1) is 16.8. The van der Waals surface area contributed by atoms with Crippen molar-refractivity contribution in [1.82, 2.24) is 4.90 Å². The van der Waals surface area contributed by atoms with Crippen LogP contribution in [-0.2, 0) is 28.7 Å². The van der Waals surface area contributed by atoms with E-state index in [1.807, 2.05) is 36.4 Å². The number of carbonyl (C=O) groups excluding carboxylic acids is 1. The van der Waals surface area contributed by atoms with E-state index in [4.69, 9.17) is 14.2 Å². The van der Waals surface area contributed by atoms with E-state index in [2.05, 4.69) is 0 Å². The van der Waals surface area contributed by atoms with Gasteiger partial charge in [0.1, 0.15) is 6.61 Å². The van der Waals surface area contributed by atoms with Crippen LogP contribution in [0, 0.1) is 0 Å². The van der Waals surface area contributed by atoms with Crippen molar-refractivity contribution in [2.45, 2.75) is 25.2 Å². The molecule has 0 N–H and O–H groups in total. The molecule has 1 aliphatic heterocycles. The maximum Gasteiger partial charge on any atom is 0.416 e. The number of halogens is 3. The predicted octanol–water partition coefficient (Wildman–Crippen LogP) is 5.41. The molecule has 184 valence electrons. The van der Waals surface area contributed by atoms with Crippen molar-refractivity contribution >= 4 is 5.91 Å². The summed E-state index contributed by atoms with van der Waals surface area (Å²) in [5.41, 5.74) is 2.11. The van der Waals surface area contributed by atoms with Crippen molar-refractivity contribution in [2.24, 2.45) is 0 Å². The van der Waals surface area contributed by atoms with Crippen molar-refractivity contribution in [3.63, 3.8) is 0 Å². The second-order valence-corrected chi connectivity index (χ2v) is 8.25. The number of methoxy groups -OCH3 is 2. The molecule has 0 fully saturated rings. The molecule has 0 radical (unpaired) electrons. The lowest BCUT2D eigenvalue weighted by Gasteiger charge is -2.38. The van der Waals surface area contributed by atoms with Crippen molar-refractivity contribution in [3.05, 3.63) is 94.5 Å². The van der Waals surface area contributed by atoms with Crippen LogP contribution in [0.2, 0.25) is 0 Å². The Hall–Kier alpha value is -3.52. The van der Waals surface area contributed by atoms with E-state index in [1.54, 1.807) is 17.0 Å². The SMILES string of the molecule is COc1cc2c(cc1OC)[C@H](c1cccc(C(F)(F)F)c1)N(C(=O)COCc1ccccc1)CC2. The van der Waals surface area contributed by atoms with Crippen LogP contribution in [0.4, 0.5) is 13.2 Å². The van der Waals surface area contributed by atoms with Gasteiger partial charge in [0, 0.05) is 6.54 Å². The first-order valence-corrected chi connectivity index (χ1v) is 11.1. The van der Waals surface area contributed by atoms with Gasteiger partial charge in [0.15, 0.2) is 11.5 Å². The van der Waals surface area contributed by atoms with E-state index in [-0.39, 0.29) is 19.1 Å². The molecule has 0 aliphatic carbocycles. The van der Waals surface area contributed by atoms with Crippen molar-refractivity contribution in [2.75, 3.05) is 27.4 Å². The van der Waals surface area contributed by atoms with Gasteiger partial charge in [-0.05, 0) is 52.9 Å². The maximum absolute atomic E-state index is 13.5. The minimum absolute atomic E-state index is 0.188. The third-order valence-corrected chi connectivity index (χ3v) is 6.06. The van der Waals surface area contributed by atoms with Gasteiger partial charge < -0.3 is 19.1 Å². The molecular formula is C27H26F3NO4. The summed E-state index contributed by atoms with van der Waals surface area (Å²) in [6.45, 7) is 0.403. The Morgan fingerprint density at radius 1 is 0.971 bits per heavy atom. The zero-order chi connectivity index (χ0) is 25.0. The molecule has 4 rings (SSSR count). The average molecular weight is 486 g/mol. The minimum Gasteiger partial charge on any atom is -0.493 e. The standard InChI is InChI=1S/C27H26F3NO4/c1-33-23-14-19-11-12-31(25(32)17-35-16-18-7-4-3-5-8-18)26(22(19)15-24(23)34-2)20-9-6-10-21(13-20)27(28,29)30/h3-10,13-15,26H,11-12,16-17H2,1-2H3/t26-/m0/s1. The molecule has 5 nitrogen and oxygen atoms in total. The average Bonchev–Trinajstić information content (AvgIpc) is 2.87. The van der Waals surface area contributed by atoms with E-state index < -0.39 is 17.8 Å². The number of carbonyl (C=O) groups is 1. The molecule has 0 aromatic heterocycles. The van der Waals surface area contributed by atoms with E-state index in [9.17, 15) is 18.0 Å². The lowest BCUT2D eigenvalue weighted by molar-refractivity contribution is -0.138. The van der Waals surface area contributed by atoms with Crippen LogP contribution in [0.5, 0.6) is 11.5 Å². The van der Waals surface area contributed by atoms with Crippen molar-refractivity contribution in [1.29, 1.82) is 0 Å². The van der Waals surface area contributed by atoms with Gasteiger partial charge in [0.2, 0.25) is 5.91 Å². The third kappa shape index (κ3) is 5.43. The molecule has 0 spiro atoms.